The lowest BCUT2D eigenvalue weighted by atomic mass is 10.0. The molecule has 1 saturated carbocycles. The van der Waals surface area contributed by atoms with Crippen LogP contribution in [0.3, 0.4) is 0 Å². The summed E-state index contributed by atoms with van der Waals surface area (Å²) >= 11 is 0. The van der Waals surface area contributed by atoms with Crippen LogP contribution in [0.2, 0.25) is 0 Å². The second kappa shape index (κ2) is 9.37. The van der Waals surface area contributed by atoms with E-state index >= 15 is 0 Å². The number of alkyl carbamates (subject to hydrolysis) is 1. The summed E-state index contributed by atoms with van der Waals surface area (Å²) in [6, 6.07) is 3.83. The second-order valence-electron chi connectivity index (χ2n) is 8.43. The van der Waals surface area contributed by atoms with Crippen LogP contribution < -0.4 is 10.6 Å². The molecule has 0 aliphatic heterocycles. The SMILES string of the molecule is CC[C@H](C)NC(=O)O[C@@H]1CC[C@H](c2cc(NC(=O)Cc3cn4ccc(C)nc4n3)n[nH]2)C1. The van der Waals surface area contributed by atoms with Gasteiger partial charge in [-0.25, -0.2) is 14.8 Å². The van der Waals surface area contributed by atoms with Gasteiger partial charge < -0.3 is 15.4 Å². The van der Waals surface area contributed by atoms with E-state index in [1.807, 2.05) is 39.1 Å². The number of nitrogens with zero attached hydrogens (tertiary/aromatic N) is 4. The highest BCUT2D eigenvalue weighted by Gasteiger charge is 2.30. The molecule has 0 spiro atoms. The molecular weight excluding hydrogens is 410 g/mol. The molecule has 3 heterocycles. The Morgan fingerprint density at radius 1 is 1.34 bits per heavy atom. The lowest BCUT2D eigenvalue weighted by molar-refractivity contribution is -0.115. The lowest BCUT2D eigenvalue weighted by Crippen LogP contribution is -2.34. The van der Waals surface area contributed by atoms with Gasteiger partial charge in [0.05, 0.1) is 12.1 Å². The highest BCUT2D eigenvalue weighted by Crippen LogP contribution is 2.35. The standard InChI is InChI=1S/C22H29N7O3/c1-4-13(2)24-22(31)32-17-6-5-15(9-17)18-11-19(28-27-18)26-20(30)10-16-12-29-8-7-14(3)23-21(29)25-16/h7-8,11-13,15,17H,4-6,9-10H2,1-3H3,(H,24,31)(H2,26,27,28,30)/t13-,15-,17+/m0/s1. The quantitative estimate of drug-likeness (QED) is 0.519. The molecule has 0 saturated heterocycles. The average Bonchev–Trinajstić information content (AvgIpc) is 3.47. The van der Waals surface area contributed by atoms with Crippen molar-refractivity contribution in [2.24, 2.45) is 0 Å². The first-order valence-electron chi connectivity index (χ1n) is 11.0. The van der Waals surface area contributed by atoms with E-state index in [-0.39, 0.29) is 36.5 Å². The number of nitrogens with one attached hydrogen (secondary N) is 3. The maximum absolute atomic E-state index is 12.4. The van der Waals surface area contributed by atoms with Gasteiger partial charge in [0, 0.05) is 41.8 Å². The van der Waals surface area contributed by atoms with Crippen molar-refractivity contribution < 1.29 is 14.3 Å². The number of H-pyrrole nitrogens is 1. The topological polar surface area (TPSA) is 126 Å². The molecule has 3 N–H and O–H groups in total. The Morgan fingerprint density at radius 3 is 3.00 bits per heavy atom. The van der Waals surface area contributed by atoms with Gasteiger partial charge in [0.1, 0.15) is 6.10 Å². The van der Waals surface area contributed by atoms with Crippen LogP contribution in [0.15, 0.2) is 24.5 Å². The van der Waals surface area contributed by atoms with E-state index in [9.17, 15) is 9.59 Å². The molecule has 0 bridgehead atoms. The molecule has 32 heavy (non-hydrogen) atoms. The Bertz CT molecular complexity index is 1110. The molecule has 3 aromatic rings. The normalized spacial score (nSPS) is 19.1. The smallest absolute Gasteiger partial charge is 0.407 e. The number of anilines is 1. The molecule has 1 fully saturated rings. The molecule has 10 heteroatoms. The van der Waals surface area contributed by atoms with Gasteiger partial charge in [0.25, 0.3) is 0 Å². The van der Waals surface area contributed by atoms with E-state index < -0.39 is 0 Å². The third-order valence-corrected chi connectivity index (χ3v) is 5.80. The molecule has 4 rings (SSSR count). The van der Waals surface area contributed by atoms with Gasteiger partial charge in [0.15, 0.2) is 5.82 Å². The van der Waals surface area contributed by atoms with Crippen LogP contribution in [0.4, 0.5) is 10.6 Å². The Hall–Kier alpha value is -3.43. The summed E-state index contributed by atoms with van der Waals surface area (Å²) in [4.78, 5) is 33.1. The number of aromatic nitrogens is 5. The van der Waals surface area contributed by atoms with E-state index in [4.69, 9.17) is 4.74 Å². The Kier molecular flexibility index (Phi) is 6.38. The van der Waals surface area contributed by atoms with Gasteiger partial charge in [-0.1, -0.05) is 6.92 Å². The van der Waals surface area contributed by atoms with Crippen molar-refractivity contribution in [2.45, 2.75) is 70.9 Å². The van der Waals surface area contributed by atoms with Crippen molar-refractivity contribution in [3.8, 4) is 0 Å². The third-order valence-electron chi connectivity index (χ3n) is 5.80. The number of aryl methyl sites for hydroxylation is 1. The molecule has 3 atom stereocenters. The first-order chi connectivity index (χ1) is 15.4. The highest BCUT2D eigenvalue weighted by molar-refractivity contribution is 5.91. The fraction of sp³-hybridized carbons (Fsp3) is 0.500. The van der Waals surface area contributed by atoms with Crippen LogP contribution in [0.5, 0.6) is 0 Å². The minimum atomic E-state index is -0.361. The van der Waals surface area contributed by atoms with E-state index in [0.717, 1.165) is 37.1 Å². The third kappa shape index (κ3) is 5.24. The van der Waals surface area contributed by atoms with Crippen molar-refractivity contribution in [1.82, 2.24) is 29.9 Å². The highest BCUT2D eigenvalue weighted by atomic mass is 16.6. The Labute approximate surface area is 186 Å². The molecule has 1 aliphatic carbocycles. The summed E-state index contributed by atoms with van der Waals surface area (Å²) in [7, 11) is 0. The first-order valence-corrected chi connectivity index (χ1v) is 11.0. The second-order valence-corrected chi connectivity index (χ2v) is 8.43. The molecule has 10 nitrogen and oxygen atoms in total. The van der Waals surface area contributed by atoms with Crippen molar-refractivity contribution in [1.29, 1.82) is 0 Å². The van der Waals surface area contributed by atoms with Crippen LogP contribution in [-0.2, 0) is 16.0 Å². The fourth-order valence-corrected chi connectivity index (χ4v) is 3.87. The Balaban J connectivity index is 1.29. The predicted molar refractivity (Wildman–Crippen MR) is 118 cm³/mol. The van der Waals surface area contributed by atoms with E-state index in [0.29, 0.717) is 17.3 Å². The average molecular weight is 440 g/mol. The zero-order chi connectivity index (χ0) is 22.7. The van der Waals surface area contributed by atoms with E-state index in [1.54, 1.807) is 10.6 Å². The molecule has 0 aromatic carbocycles. The molecule has 170 valence electrons. The molecule has 3 aromatic heterocycles. The summed E-state index contributed by atoms with van der Waals surface area (Å²) in [6.45, 7) is 5.86. The number of carbonyl (C=O) groups is 2. The summed E-state index contributed by atoms with van der Waals surface area (Å²) in [5, 5.41) is 12.9. The van der Waals surface area contributed by atoms with Crippen LogP contribution in [0, 0.1) is 6.92 Å². The van der Waals surface area contributed by atoms with Crippen molar-refractivity contribution >= 4 is 23.6 Å². The van der Waals surface area contributed by atoms with Gasteiger partial charge >= 0.3 is 6.09 Å². The number of fused-ring (bicyclic) bond motifs is 1. The summed E-state index contributed by atoms with van der Waals surface area (Å²) < 4.78 is 7.33. The molecule has 0 unspecified atom stereocenters. The van der Waals surface area contributed by atoms with Gasteiger partial charge in [-0.05, 0) is 45.6 Å². The van der Waals surface area contributed by atoms with E-state index in [1.165, 1.54) is 0 Å². The van der Waals surface area contributed by atoms with Crippen molar-refractivity contribution in [3.63, 3.8) is 0 Å². The lowest BCUT2D eigenvalue weighted by Gasteiger charge is -2.16. The van der Waals surface area contributed by atoms with Gasteiger partial charge in [-0.15, -0.1) is 0 Å². The largest absolute Gasteiger partial charge is 0.446 e. The van der Waals surface area contributed by atoms with Crippen LogP contribution >= 0.6 is 0 Å². The van der Waals surface area contributed by atoms with Gasteiger partial charge in [0.2, 0.25) is 11.7 Å². The number of aromatic amines is 1. The summed E-state index contributed by atoms with van der Waals surface area (Å²) in [6.07, 6.45) is 6.63. The molecule has 2 amide bonds. The van der Waals surface area contributed by atoms with Crippen LogP contribution in [0.25, 0.3) is 5.78 Å². The number of imidazole rings is 1. The summed E-state index contributed by atoms with van der Waals surface area (Å²) in [5.74, 6) is 1.06. The molecule has 0 radical (unpaired) electrons. The minimum Gasteiger partial charge on any atom is -0.446 e. The van der Waals surface area contributed by atoms with Crippen LogP contribution in [-0.4, -0.2) is 48.7 Å². The minimum absolute atomic E-state index is 0.0967. The Morgan fingerprint density at radius 2 is 2.19 bits per heavy atom. The monoisotopic (exact) mass is 439 g/mol. The fourth-order valence-electron chi connectivity index (χ4n) is 3.87. The first kappa shape index (κ1) is 21.8. The zero-order valence-electron chi connectivity index (χ0n) is 18.6. The molecular formula is C22H29N7O3. The number of hydrogen-bond acceptors (Lipinski definition) is 6. The number of hydrogen-bond donors (Lipinski definition) is 3. The number of carbonyl (C=O) groups excluding carboxylic acids is 2. The van der Waals surface area contributed by atoms with Gasteiger partial charge in [-0.2, -0.15) is 5.10 Å². The predicted octanol–water partition coefficient (Wildman–Crippen LogP) is 3.10. The number of amides is 2. The van der Waals surface area contributed by atoms with Crippen molar-refractivity contribution in [3.05, 3.63) is 41.6 Å². The van der Waals surface area contributed by atoms with Gasteiger partial charge in [-0.3, -0.25) is 14.3 Å². The maximum Gasteiger partial charge on any atom is 0.407 e. The number of ether oxygens (including phenoxy) is 1. The summed E-state index contributed by atoms with van der Waals surface area (Å²) in [5.41, 5.74) is 2.45. The van der Waals surface area contributed by atoms with Crippen molar-refractivity contribution in [2.75, 3.05) is 5.32 Å². The molecule has 1 aliphatic rings. The van der Waals surface area contributed by atoms with E-state index in [2.05, 4.69) is 30.8 Å². The number of rotatable bonds is 7. The maximum atomic E-state index is 12.4. The van der Waals surface area contributed by atoms with Crippen LogP contribution in [0.1, 0.15) is 62.5 Å². The zero-order valence-corrected chi connectivity index (χ0v) is 18.6.